The zero-order valence-corrected chi connectivity index (χ0v) is 13.7. The molecule has 0 saturated heterocycles. The first kappa shape index (κ1) is 18.0. The molecular weight excluding hydrogens is 306 g/mol. The maximum atomic E-state index is 11.2. The summed E-state index contributed by atoms with van der Waals surface area (Å²) in [6.07, 6.45) is 0.744. The van der Waals surface area contributed by atoms with Crippen molar-refractivity contribution in [1.82, 2.24) is 16.2 Å². The van der Waals surface area contributed by atoms with Gasteiger partial charge in [0, 0.05) is 13.7 Å². The van der Waals surface area contributed by atoms with Crippen molar-refractivity contribution in [3.8, 4) is 11.5 Å². The molecule has 0 heterocycles. The summed E-state index contributed by atoms with van der Waals surface area (Å²) >= 11 is 5.04. The average molecular weight is 327 g/mol. The molecule has 3 N–H and O–H groups in total. The van der Waals surface area contributed by atoms with Gasteiger partial charge in [0.05, 0.1) is 14.2 Å². The van der Waals surface area contributed by atoms with Gasteiger partial charge in [-0.1, -0.05) is 6.07 Å². The van der Waals surface area contributed by atoms with Crippen molar-refractivity contribution in [3.05, 3.63) is 23.8 Å². The molecular formula is C14H21N3O4S. The second-order valence-electron chi connectivity index (χ2n) is 4.30. The molecule has 1 amide bonds. The van der Waals surface area contributed by atoms with E-state index < -0.39 is 0 Å². The lowest BCUT2D eigenvalue weighted by molar-refractivity contribution is -0.125. The number of hydrazine groups is 1. The molecule has 0 aliphatic carbocycles. The van der Waals surface area contributed by atoms with Crippen LogP contribution in [0.4, 0.5) is 0 Å². The van der Waals surface area contributed by atoms with Gasteiger partial charge in [0.25, 0.3) is 5.91 Å². The Labute approximate surface area is 135 Å². The van der Waals surface area contributed by atoms with Gasteiger partial charge in [-0.05, 0) is 36.3 Å². The van der Waals surface area contributed by atoms with E-state index >= 15 is 0 Å². The third-order valence-electron chi connectivity index (χ3n) is 2.74. The van der Waals surface area contributed by atoms with Crippen molar-refractivity contribution in [3.63, 3.8) is 0 Å². The van der Waals surface area contributed by atoms with E-state index in [2.05, 4.69) is 20.9 Å². The van der Waals surface area contributed by atoms with Gasteiger partial charge >= 0.3 is 0 Å². The fourth-order valence-corrected chi connectivity index (χ4v) is 1.85. The molecule has 0 saturated carbocycles. The standard InChI is InChI=1S/C14H21N3O4S/c1-19-9-13(18)16-17-14(22)15-7-6-10-4-5-11(20-2)12(8-10)21-3/h4-5,8H,6-7,9H2,1-3H3,(H,16,18)(H2,15,17,22). The van der Waals surface area contributed by atoms with Gasteiger partial charge in [-0.25, -0.2) is 0 Å². The third-order valence-corrected chi connectivity index (χ3v) is 2.98. The quantitative estimate of drug-likeness (QED) is 0.494. The van der Waals surface area contributed by atoms with Crippen molar-refractivity contribution in [1.29, 1.82) is 0 Å². The van der Waals surface area contributed by atoms with Crippen LogP contribution in [0.2, 0.25) is 0 Å². The summed E-state index contributed by atoms with van der Waals surface area (Å²) in [4.78, 5) is 11.2. The minimum atomic E-state index is -0.299. The molecule has 0 fully saturated rings. The van der Waals surface area contributed by atoms with Crippen molar-refractivity contribution in [2.24, 2.45) is 0 Å². The molecule has 0 aromatic heterocycles. The minimum Gasteiger partial charge on any atom is -0.493 e. The lowest BCUT2D eigenvalue weighted by Gasteiger charge is -2.12. The Morgan fingerprint density at radius 3 is 2.50 bits per heavy atom. The Hall–Kier alpha value is -2.06. The topological polar surface area (TPSA) is 80.9 Å². The third kappa shape index (κ3) is 6.15. The molecule has 8 heteroatoms. The van der Waals surface area contributed by atoms with Crippen LogP contribution in [0.1, 0.15) is 5.56 Å². The van der Waals surface area contributed by atoms with Crippen LogP contribution in [0.3, 0.4) is 0 Å². The largest absolute Gasteiger partial charge is 0.493 e. The molecule has 1 aromatic rings. The van der Waals surface area contributed by atoms with E-state index in [9.17, 15) is 4.79 Å². The average Bonchev–Trinajstić information content (AvgIpc) is 2.53. The van der Waals surface area contributed by atoms with E-state index in [1.807, 2.05) is 18.2 Å². The lowest BCUT2D eigenvalue weighted by atomic mass is 10.1. The lowest BCUT2D eigenvalue weighted by Crippen LogP contribution is -2.48. The molecule has 0 radical (unpaired) electrons. The number of thiocarbonyl (C=S) groups is 1. The fourth-order valence-electron chi connectivity index (χ4n) is 1.69. The monoisotopic (exact) mass is 327 g/mol. The predicted octanol–water partition coefficient (Wildman–Crippen LogP) is 0.388. The van der Waals surface area contributed by atoms with Crippen molar-refractivity contribution >= 4 is 23.2 Å². The summed E-state index contributed by atoms with van der Waals surface area (Å²) in [5.74, 6) is 1.08. The highest BCUT2D eigenvalue weighted by molar-refractivity contribution is 7.80. The molecule has 0 unspecified atom stereocenters. The molecule has 0 aliphatic heterocycles. The van der Waals surface area contributed by atoms with Crippen LogP contribution in [0.25, 0.3) is 0 Å². The first-order chi connectivity index (χ1) is 10.6. The highest BCUT2D eigenvalue weighted by atomic mass is 32.1. The number of ether oxygens (including phenoxy) is 3. The van der Waals surface area contributed by atoms with Crippen LogP contribution in [-0.4, -0.2) is 45.5 Å². The highest BCUT2D eigenvalue weighted by Gasteiger charge is 2.05. The normalized spacial score (nSPS) is 9.77. The number of hydrogen-bond donors (Lipinski definition) is 3. The van der Waals surface area contributed by atoms with Gasteiger partial charge in [-0.15, -0.1) is 0 Å². The van der Waals surface area contributed by atoms with Crippen LogP contribution in [0.15, 0.2) is 18.2 Å². The first-order valence-electron chi connectivity index (χ1n) is 6.63. The Balaban J connectivity index is 2.34. The maximum absolute atomic E-state index is 11.2. The molecule has 1 aromatic carbocycles. The van der Waals surface area contributed by atoms with Gasteiger partial charge in [-0.3, -0.25) is 15.6 Å². The zero-order valence-electron chi connectivity index (χ0n) is 12.9. The van der Waals surface area contributed by atoms with E-state index in [1.165, 1.54) is 7.11 Å². The van der Waals surface area contributed by atoms with Crippen molar-refractivity contribution in [2.75, 3.05) is 34.5 Å². The summed E-state index contributed by atoms with van der Waals surface area (Å²) in [5.41, 5.74) is 6.08. The molecule has 7 nitrogen and oxygen atoms in total. The number of nitrogens with one attached hydrogen (secondary N) is 3. The molecule has 22 heavy (non-hydrogen) atoms. The molecule has 0 atom stereocenters. The maximum Gasteiger partial charge on any atom is 0.264 e. The second-order valence-corrected chi connectivity index (χ2v) is 4.71. The van der Waals surface area contributed by atoms with E-state index in [4.69, 9.17) is 21.7 Å². The Bertz CT molecular complexity index is 511. The smallest absolute Gasteiger partial charge is 0.264 e. The minimum absolute atomic E-state index is 0.0265. The summed E-state index contributed by atoms with van der Waals surface area (Å²) < 4.78 is 15.1. The van der Waals surface area contributed by atoms with Crippen LogP contribution >= 0.6 is 12.2 Å². The zero-order chi connectivity index (χ0) is 16.4. The van der Waals surface area contributed by atoms with E-state index in [1.54, 1.807) is 14.2 Å². The highest BCUT2D eigenvalue weighted by Crippen LogP contribution is 2.27. The Morgan fingerprint density at radius 1 is 1.14 bits per heavy atom. The molecule has 122 valence electrons. The van der Waals surface area contributed by atoms with E-state index in [0.717, 1.165) is 12.0 Å². The van der Waals surface area contributed by atoms with E-state index in [0.29, 0.717) is 23.2 Å². The van der Waals surface area contributed by atoms with Crippen molar-refractivity contribution < 1.29 is 19.0 Å². The summed E-state index contributed by atoms with van der Waals surface area (Å²) in [6.45, 7) is 0.586. The SMILES string of the molecule is COCC(=O)NNC(=S)NCCc1ccc(OC)c(OC)c1. The first-order valence-corrected chi connectivity index (χ1v) is 7.04. The van der Waals surface area contributed by atoms with Crippen LogP contribution in [0.5, 0.6) is 11.5 Å². The second kappa shape index (κ2) is 9.80. The number of amides is 1. The molecule has 0 bridgehead atoms. The number of methoxy groups -OCH3 is 3. The number of carbonyl (C=O) groups is 1. The number of benzene rings is 1. The Kier molecular flexibility index (Phi) is 8.01. The molecule has 0 aliphatic rings. The van der Waals surface area contributed by atoms with Crippen LogP contribution in [0, 0.1) is 0 Å². The number of rotatable bonds is 7. The fraction of sp³-hybridized carbons (Fsp3) is 0.429. The van der Waals surface area contributed by atoms with Crippen molar-refractivity contribution in [2.45, 2.75) is 6.42 Å². The molecule has 0 spiro atoms. The summed E-state index contributed by atoms with van der Waals surface area (Å²) in [7, 11) is 4.64. The summed E-state index contributed by atoms with van der Waals surface area (Å²) in [5, 5.41) is 3.33. The van der Waals surface area contributed by atoms with E-state index in [-0.39, 0.29) is 12.5 Å². The van der Waals surface area contributed by atoms with Gasteiger partial charge in [0.2, 0.25) is 0 Å². The van der Waals surface area contributed by atoms with Gasteiger partial charge in [0.1, 0.15) is 6.61 Å². The Morgan fingerprint density at radius 2 is 1.86 bits per heavy atom. The number of carbonyl (C=O) groups excluding carboxylic acids is 1. The van der Waals surface area contributed by atoms with Crippen LogP contribution in [-0.2, 0) is 16.0 Å². The van der Waals surface area contributed by atoms with Crippen LogP contribution < -0.4 is 25.6 Å². The number of hydrogen-bond acceptors (Lipinski definition) is 5. The predicted molar refractivity (Wildman–Crippen MR) is 87.0 cm³/mol. The molecule has 1 rings (SSSR count). The van der Waals surface area contributed by atoms with Gasteiger partial charge < -0.3 is 19.5 Å². The van der Waals surface area contributed by atoms with Gasteiger partial charge in [0.15, 0.2) is 16.6 Å². The van der Waals surface area contributed by atoms with Gasteiger partial charge in [-0.2, -0.15) is 0 Å². The summed E-state index contributed by atoms with van der Waals surface area (Å²) in [6, 6.07) is 5.73.